The lowest BCUT2D eigenvalue weighted by Gasteiger charge is -2.03. The number of H-pyrrole nitrogens is 1. The average Bonchev–Trinajstić information content (AvgIpc) is 2.81. The molecule has 0 unspecified atom stereocenters. The molecule has 7 nitrogen and oxygen atoms in total. The second-order valence-electron chi connectivity index (χ2n) is 3.36. The van der Waals surface area contributed by atoms with Crippen LogP contribution in [-0.4, -0.2) is 21.0 Å². The summed E-state index contributed by atoms with van der Waals surface area (Å²) in [4.78, 5) is 22.1. The van der Waals surface area contributed by atoms with E-state index in [9.17, 15) is 14.9 Å². The summed E-state index contributed by atoms with van der Waals surface area (Å²) in [6.07, 6.45) is 2.88. The molecule has 0 fully saturated rings. The lowest BCUT2D eigenvalue weighted by Crippen LogP contribution is -2.13. The molecule has 0 aliphatic carbocycles. The zero-order valence-corrected chi connectivity index (χ0v) is 10.5. The molecule has 1 heterocycles. The fourth-order valence-corrected chi connectivity index (χ4v) is 1.71. The van der Waals surface area contributed by atoms with Crippen LogP contribution in [0.3, 0.4) is 0 Å². The van der Waals surface area contributed by atoms with Crippen LogP contribution in [0.5, 0.6) is 0 Å². The van der Waals surface area contributed by atoms with Crippen molar-refractivity contribution in [2.45, 2.75) is 0 Å². The number of carbonyl (C=O) groups excluding carboxylic acids is 1. The van der Waals surface area contributed by atoms with Gasteiger partial charge < -0.3 is 5.32 Å². The van der Waals surface area contributed by atoms with E-state index < -0.39 is 10.8 Å². The van der Waals surface area contributed by atoms with Gasteiger partial charge in [-0.2, -0.15) is 5.10 Å². The topological polar surface area (TPSA) is 101 Å². The Morgan fingerprint density at radius 2 is 2.28 bits per heavy atom. The maximum absolute atomic E-state index is 11.9. The van der Waals surface area contributed by atoms with Gasteiger partial charge in [0.2, 0.25) is 0 Å². The molecule has 0 saturated carbocycles. The van der Waals surface area contributed by atoms with Crippen LogP contribution in [0.15, 0.2) is 35.1 Å². The Morgan fingerprint density at radius 3 is 2.89 bits per heavy atom. The number of hydrogen-bond acceptors (Lipinski definition) is 4. The van der Waals surface area contributed by atoms with E-state index in [1.165, 1.54) is 24.5 Å². The molecule has 1 amide bonds. The molecule has 0 atom stereocenters. The van der Waals surface area contributed by atoms with Crippen LogP contribution in [0.25, 0.3) is 0 Å². The van der Waals surface area contributed by atoms with Gasteiger partial charge in [0.15, 0.2) is 0 Å². The van der Waals surface area contributed by atoms with Crippen LogP contribution in [-0.2, 0) is 0 Å². The Labute approximate surface area is 109 Å². The van der Waals surface area contributed by atoms with Crippen molar-refractivity contribution in [2.75, 3.05) is 5.32 Å². The molecule has 0 spiro atoms. The van der Waals surface area contributed by atoms with Crippen molar-refractivity contribution >= 4 is 33.2 Å². The van der Waals surface area contributed by atoms with Crippen LogP contribution in [0.2, 0.25) is 0 Å². The summed E-state index contributed by atoms with van der Waals surface area (Å²) in [5.74, 6) is -0.560. The number of aromatic amines is 1. The van der Waals surface area contributed by atoms with E-state index in [0.29, 0.717) is 10.2 Å². The van der Waals surface area contributed by atoms with E-state index in [-0.39, 0.29) is 11.3 Å². The molecule has 0 radical (unpaired) electrons. The van der Waals surface area contributed by atoms with E-state index in [2.05, 4.69) is 31.4 Å². The third-order valence-electron chi connectivity index (χ3n) is 2.16. The molecule has 1 aromatic carbocycles. The summed E-state index contributed by atoms with van der Waals surface area (Å²) >= 11 is 3.12. The van der Waals surface area contributed by atoms with E-state index in [1.807, 2.05) is 0 Å². The minimum atomic E-state index is -0.602. The molecule has 2 N–H and O–H groups in total. The Kier molecular flexibility index (Phi) is 3.38. The molecule has 1 aromatic heterocycles. The number of hydrogen-bond donors (Lipinski definition) is 2. The maximum Gasteiger partial charge on any atom is 0.283 e. The van der Waals surface area contributed by atoms with Crippen LogP contribution in [0.1, 0.15) is 10.4 Å². The molecular formula is C10H7BrN4O3. The summed E-state index contributed by atoms with van der Waals surface area (Å²) in [5.41, 5.74) is 0.173. The first kappa shape index (κ1) is 12.2. The van der Waals surface area contributed by atoms with Gasteiger partial charge in [-0.05, 0) is 12.1 Å². The first-order valence-corrected chi connectivity index (χ1v) is 5.61. The van der Waals surface area contributed by atoms with Crippen molar-refractivity contribution in [3.63, 3.8) is 0 Å². The summed E-state index contributed by atoms with van der Waals surface area (Å²) in [5, 5.41) is 19.6. The third kappa shape index (κ3) is 2.54. The largest absolute Gasteiger partial charge is 0.319 e. The van der Waals surface area contributed by atoms with Gasteiger partial charge in [-0.1, -0.05) is 15.9 Å². The zero-order chi connectivity index (χ0) is 13.1. The molecule has 92 valence electrons. The highest BCUT2D eigenvalue weighted by molar-refractivity contribution is 9.10. The minimum absolute atomic E-state index is 0.00981. The third-order valence-corrected chi connectivity index (χ3v) is 2.65. The van der Waals surface area contributed by atoms with Crippen molar-refractivity contribution in [3.8, 4) is 0 Å². The SMILES string of the molecule is O=C(Nc1cn[nH]c1)c1ccc(Br)cc1[N+](=O)[O-]. The standard InChI is InChI=1S/C10H7BrN4O3/c11-6-1-2-8(9(3-6)15(17)18)10(16)14-7-4-12-13-5-7/h1-5H,(H,12,13)(H,14,16). The smallest absolute Gasteiger partial charge is 0.283 e. The molecule has 2 rings (SSSR count). The van der Waals surface area contributed by atoms with E-state index in [1.54, 1.807) is 6.07 Å². The molecule has 2 aromatic rings. The summed E-state index contributed by atoms with van der Waals surface area (Å²) in [6.45, 7) is 0. The molecule has 8 heteroatoms. The zero-order valence-electron chi connectivity index (χ0n) is 8.88. The fourth-order valence-electron chi connectivity index (χ4n) is 1.37. The highest BCUT2D eigenvalue weighted by atomic mass is 79.9. The Balaban J connectivity index is 2.32. The van der Waals surface area contributed by atoms with Gasteiger partial charge in [0.1, 0.15) is 5.56 Å². The Bertz CT molecular complexity index is 597. The van der Waals surface area contributed by atoms with Crippen LogP contribution in [0.4, 0.5) is 11.4 Å². The lowest BCUT2D eigenvalue weighted by molar-refractivity contribution is -0.385. The summed E-state index contributed by atoms with van der Waals surface area (Å²) in [6, 6.07) is 4.24. The highest BCUT2D eigenvalue weighted by Gasteiger charge is 2.20. The van der Waals surface area contributed by atoms with Crippen molar-refractivity contribution in [2.24, 2.45) is 0 Å². The first-order chi connectivity index (χ1) is 8.58. The molecule has 0 aliphatic rings. The minimum Gasteiger partial charge on any atom is -0.319 e. The van der Waals surface area contributed by atoms with Crippen LogP contribution in [0, 0.1) is 10.1 Å². The van der Waals surface area contributed by atoms with Gasteiger partial charge in [-0.15, -0.1) is 0 Å². The second kappa shape index (κ2) is 4.96. The lowest BCUT2D eigenvalue weighted by atomic mass is 10.1. The molecule has 0 aliphatic heterocycles. The van der Waals surface area contributed by atoms with Crippen molar-refractivity contribution in [3.05, 3.63) is 50.7 Å². The number of amides is 1. The number of rotatable bonds is 3. The van der Waals surface area contributed by atoms with Crippen molar-refractivity contribution in [1.29, 1.82) is 0 Å². The second-order valence-corrected chi connectivity index (χ2v) is 4.28. The van der Waals surface area contributed by atoms with Crippen LogP contribution >= 0.6 is 15.9 Å². The first-order valence-electron chi connectivity index (χ1n) is 4.82. The molecule has 0 bridgehead atoms. The Hall–Kier alpha value is -2.22. The number of aromatic nitrogens is 2. The highest BCUT2D eigenvalue weighted by Crippen LogP contribution is 2.24. The number of halogens is 1. The number of anilines is 1. The Morgan fingerprint density at radius 1 is 1.50 bits per heavy atom. The van der Waals surface area contributed by atoms with Gasteiger partial charge in [-0.3, -0.25) is 20.0 Å². The van der Waals surface area contributed by atoms with E-state index in [4.69, 9.17) is 0 Å². The average molecular weight is 311 g/mol. The van der Waals surface area contributed by atoms with E-state index >= 15 is 0 Å². The predicted molar refractivity (Wildman–Crippen MR) is 67.3 cm³/mol. The summed E-state index contributed by atoms with van der Waals surface area (Å²) < 4.78 is 0.536. The van der Waals surface area contributed by atoms with Crippen molar-refractivity contribution < 1.29 is 9.72 Å². The molecule has 0 saturated heterocycles. The maximum atomic E-state index is 11.9. The number of benzene rings is 1. The van der Waals surface area contributed by atoms with Crippen LogP contribution < -0.4 is 5.32 Å². The normalized spacial score (nSPS) is 10.1. The van der Waals surface area contributed by atoms with Gasteiger partial charge in [0.25, 0.3) is 11.6 Å². The molecular weight excluding hydrogens is 304 g/mol. The number of nitrogens with one attached hydrogen (secondary N) is 2. The molecule has 18 heavy (non-hydrogen) atoms. The quantitative estimate of drug-likeness (QED) is 0.671. The van der Waals surface area contributed by atoms with Gasteiger partial charge in [0, 0.05) is 16.7 Å². The summed E-state index contributed by atoms with van der Waals surface area (Å²) in [7, 11) is 0. The van der Waals surface area contributed by atoms with Gasteiger partial charge in [-0.25, -0.2) is 0 Å². The van der Waals surface area contributed by atoms with Crippen molar-refractivity contribution in [1.82, 2.24) is 10.2 Å². The predicted octanol–water partition coefficient (Wildman–Crippen LogP) is 2.33. The van der Waals surface area contributed by atoms with E-state index in [0.717, 1.165) is 0 Å². The number of carbonyl (C=O) groups is 1. The van der Waals surface area contributed by atoms with Gasteiger partial charge >= 0.3 is 0 Å². The number of nitro benzene ring substituents is 1. The van der Waals surface area contributed by atoms with Gasteiger partial charge in [0.05, 0.1) is 16.8 Å². The monoisotopic (exact) mass is 310 g/mol. The number of nitro groups is 1. The number of nitrogens with zero attached hydrogens (tertiary/aromatic N) is 2. The fraction of sp³-hybridized carbons (Fsp3) is 0.